The van der Waals surface area contributed by atoms with Crippen LogP contribution in [0.1, 0.15) is 30.9 Å². The number of hydrogen-bond acceptors (Lipinski definition) is 4. The summed E-state index contributed by atoms with van der Waals surface area (Å²) in [6, 6.07) is 1.87. The van der Waals surface area contributed by atoms with Crippen molar-refractivity contribution in [3.05, 3.63) is 29.6 Å². The molecule has 0 aromatic carbocycles. The largest absolute Gasteiger partial charge is 0.466 e. The molecule has 92 valence electrons. The number of Topliss-reactive ketones (excluding diaryl/α,β-unsaturated/α-hetero) is 1. The number of ether oxygens (including phenoxy) is 1. The first-order valence-corrected chi connectivity index (χ1v) is 5.70. The molecular formula is C13H17NO3. The fraction of sp³-hybridized carbons (Fsp3) is 0.462. The molecule has 17 heavy (non-hydrogen) atoms. The van der Waals surface area contributed by atoms with Gasteiger partial charge in [-0.3, -0.25) is 14.6 Å². The zero-order chi connectivity index (χ0) is 12.7. The van der Waals surface area contributed by atoms with Crippen molar-refractivity contribution in [2.24, 2.45) is 0 Å². The van der Waals surface area contributed by atoms with Gasteiger partial charge in [-0.1, -0.05) is 0 Å². The highest BCUT2D eigenvalue weighted by molar-refractivity contribution is 5.84. The van der Waals surface area contributed by atoms with Crippen LogP contribution in [0.15, 0.2) is 18.5 Å². The van der Waals surface area contributed by atoms with Crippen molar-refractivity contribution in [1.82, 2.24) is 4.98 Å². The maximum atomic E-state index is 11.6. The van der Waals surface area contributed by atoms with E-state index in [0.29, 0.717) is 13.0 Å². The van der Waals surface area contributed by atoms with Crippen LogP contribution in [0.4, 0.5) is 0 Å². The molecule has 1 aromatic rings. The number of aryl methyl sites for hydroxylation is 1. The molecular weight excluding hydrogens is 218 g/mol. The highest BCUT2D eigenvalue weighted by Crippen LogP contribution is 2.08. The predicted octanol–water partition coefficient (Wildman–Crippen LogP) is 1.84. The third kappa shape index (κ3) is 4.76. The van der Waals surface area contributed by atoms with Gasteiger partial charge >= 0.3 is 5.97 Å². The standard InChI is InChI=1S/C13H17NO3/c1-3-17-13(16)5-4-12(15)8-11-9-14-7-6-10(11)2/h6-7,9H,3-5,8H2,1-2H3. The molecule has 0 bridgehead atoms. The summed E-state index contributed by atoms with van der Waals surface area (Å²) in [6.45, 7) is 4.04. The Kier molecular flexibility index (Phi) is 5.33. The van der Waals surface area contributed by atoms with Crippen LogP contribution in [-0.4, -0.2) is 23.3 Å². The highest BCUT2D eigenvalue weighted by atomic mass is 16.5. The number of aromatic nitrogens is 1. The summed E-state index contributed by atoms with van der Waals surface area (Å²) in [5, 5.41) is 0. The van der Waals surface area contributed by atoms with Gasteiger partial charge in [0.15, 0.2) is 0 Å². The van der Waals surface area contributed by atoms with E-state index in [-0.39, 0.29) is 24.6 Å². The lowest BCUT2D eigenvalue weighted by Gasteiger charge is -2.04. The Morgan fingerprint density at radius 2 is 2.12 bits per heavy atom. The van der Waals surface area contributed by atoms with Crippen LogP contribution < -0.4 is 0 Å². The molecule has 0 amide bonds. The SMILES string of the molecule is CCOC(=O)CCC(=O)Cc1cnccc1C. The van der Waals surface area contributed by atoms with Crippen molar-refractivity contribution in [3.63, 3.8) is 0 Å². The lowest BCUT2D eigenvalue weighted by molar-refractivity contribution is -0.144. The Hall–Kier alpha value is -1.71. The second kappa shape index (κ2) is 6.78. The summed E-state index contributed by atoms with van der Waals surface area (Å²) in [5.41, 5.74) is 1.96. The first-order chi connectivity index (χ1) is 8.13. The molecule has 1 rings (SSSR count). The number of carbonyl (C=O) groups is 2. The average Bonchev–Trinajstić information content (AvgIpc) is 2.30. The van der Waals surface area contributed by atoms with Crippen molar-refractivity contribution < 1.29 is 14.3 Å². The first kappa shape index (κ1) is 13.4. The Morgan fingerprint density at radius 1 is 1.35 bits per heavy atom. The molecule has 0 N–H and O–H groups in total. The molecule has 0 saturated heterocycles. The quantitative estimate of drug-likeness (QED) is 0.706. The summed E-state index contributed by atoms with van der Waals surface area (Å²) < 4.78 is 4.76. The number of hydrogen-bond donors (Lipinski definition) is 0. The molecule has 0 spiro atoms. The minimum atomic E-state index is -0.316. The minimum absolute atomic E-state index is 0.0363. The summed E-state index contributed by atoms with van der Waals surface area (Å²) >= 11 is 0. The van der Waals surface area contributed by atoms with Gasteiger partial charge in [0.1, 0.15) is 5.78 Å². The van der Waals surface area contributed by atoms with E-state index in [0.717, 1.165) is 11.1 Å². The van der Waals surface area contributed by atoms with Gasteiger partial charge in [0.25, 0.3) is 0 Å². The first-order valence-electron chi connectivity index (χ1n) is 5.70. The maximum Gasteiger partial charge on any atom is 0.306 e. The molecule has 1 heterocycles. The lowest BCUT2D eigenvalue weighted by atomic mass is 10.0. The van der Waals surface area contributed by atoms with E-state index in [4.69, 9.17) is 4.74 Å². The zero-order valence-corrected chi connectivity index (χ0v) is 10.2. The molecule has 0 radical (unpaired) electrons. The maximum absolute atomic E-state index is 11.6. The summed E-state index contributed by atoms with van der Waals surface area (Å²) in [7, 11) is 0. The summed E-state index contributed by atoms with van der Waals surface area (Å²) in [4.78, 5) is 26.7. The second-order valence-corrected chi connectivity index (χ2v) is 3.82. The Bertz CT molecular complexity index is 401. The van der Waals surface area contributed by atoms with Gasteiger partial charge in [-0.05, 0) is 31.0 Å². The number of pyridine rings is 1. The van der Waals surface area contributed by atoms with E-state index in [1.54, 1.807) is 19.3 Å². The Morgan fingerprint density at radius 3 is 2.76 bits per heavy atom. The molecule has 0 aliphatic carbocycles. The minimum Gasteiger partial charge on any atom is -0.466 e. The molecule has 0 aliphatic rings. The number of rotatable bonds is 6. The van der Waals surface area contributed by atoms with Crippen LogP contribution >= 0.6 is 0 Å². The van der Waals surface area contributed by atoms with Crippen LogP contribution in [0.2, 0.25) is 0 Å². The average molecular weight is 235 g/mol. The van der Waals surface area contributed by atoms with Crippen LogP contribution in [0.5, 0.6) is 0 Å². The van der Waals surface area contributed by atoms with Gasteiger partial charge in [-0.25, -0.2) is 0 Å². The van der Waals surface area contributed by atoms with Crippen LogP contribution in [0.3, 0.4) is 0 Å². The predicted molar refractivity (Wildman–Crippen MR) is 63.6 cm³/mol. The molecule has 0 fully saturated rings. The number of nitrogens with zero attached hydrogens (tertiary/aromatic N) is 1. The summed E-state index contributed by atoms with van der Waals surface area (Å²) in [5.74, 6) is -0.280. The van der Waals surface area contributed by atoms with Crippen molar-refractivity contribution in [1.29, 1.82) is 0 Å². The zero-order valence-electron chi connectivity index (χ0n) is 10.2. The molecule has 0 saturated carbocycles. The van der Waals surface area contributed by atoms with Crippen LogP contribution in [-0.2, 0) is 20.7 Å². The number of esters is 1. The van der Waals surface area contributed by atoms with Gasteiger partial charge in [-0.15, -0.1) is 0 Å². The third-order valence-electron chi connectivity index (χ3n) is 2.45. The number of carbonyl (C=O) groups excluding carboxylic acids is 2. The molecule has 4 nitrogen and oxygen atoms in total. The fourth-order valence-electron chi connectivity index (χ4n) is 1.46. The monoisotopic (exact) mass is 235 g/mol. The van der Waals surface area contributed by atoms with E-state index in [2.05, 4.69) is 4.98 Å². The molecule has 4 heteroatoms. The van der Waals surface area contributed by atoms with Crippen molar-refractivity contribution in [2.75, 3.05) is 6.61 Å². The highest BCUT2D eigenvalue weighted by Gasteiger charge is 2.09. The van der Waals surface area contributed by atoms with E-state index in [9.17, 15) is 9.59 Å². The van der Waals surface area contributed by atoms with Gasteiger partial charge in [-0.2, -0.15) is 0 Å². The van der Waals surface area contributed by atoms with E-state index in [1.165, 1.54) is 0 Å². The Labute approximate surface area is 101 Å². The number of ketones is 1. The van der Waals surface area contributed by atoms with E-state index < -0.39 is 0 Å². The van der Waals surface area contributed by atoms with Crippen molar-refractivity contribution in [3.8, 4) is 0 Å². The third-order valence-corrected chi connectivity index (χ3v) is 2.45. The van der Waals surface area contributed by atoms with E-state index >= 15 is 0 Å². The molecule has 0 atom stereocenters. The second-order valence-electron chi connectivity index (χ2n) is 3.82. The molecule has 0 aliphatic heterocycles. The molecule has 0 unspecified atom stereocenters. The normalized spacial score (nSPS) is 10.0. The van der Waals surface area contributed by atoms with Crippen molar-refractivity contribution in [2.45, 2.75) is 33.1 Å². The fourth-order valence-corrected chi connectivity index (χ4v) is 1.46. The lowest BCUT2D eigenvalue weighted by Crippen LogP contribution is -2.10. The van der Waals surface area contributed by atoms with Gasteiger partial charge in [0.2, 0.25) is 0 Å². The smallest absolute Gasteiger partial charge is 0.306 e. The van der Waals surface area contributed by atoms with E-state index in [1.807, 2.05) is 13.0 Å². The summed E-state index contributed by atoms with van der Waals surface area (Å²) in [6.07, 6.45) is 4.11. The van der Waals surface area contributed by atoms with Gasteiger partial charge in [0, 0.05) is 25.2 Å². The van der Waals surface area contributed by atoms with Crippen LogP contribution in [0.25, 0.3) is 0 Å². The van der Waals surface area contributed by atoms with Gasteiger partial charge < -0.3 is 4.74 Å². The van der Waals surface area contributed by atoms with Gasteiger partial charge in [0.05, 0.1) is 13.0 Å². The molecule has 1 aromatic heterocycles. The van der Waals surface area contributed by atoms with Crippen LogP contribution in [0, 0.1) is 6.92 Å². The Balaban J connectivity index is 2.40. The van der Waals surface area contributed by atoms with Crippen molar-refractivity contribution >= 4 is 11.8 Å². The topological polar surface area (TPSA) is 56.3 Å².